The topological polar surface area (TPSA) is 49.8 Å². The zero-order valence-corrected chi connectivity index (χ0v) is 15.8. The van der Waals surface area contributed by atoms with Gasteiger partial charge in [0.05, 0.1) is 23.5 Å². The third-order valence-electron chi connectivity index (χ3n) is 4.62. The van der Waals surface area contributed by atoms with Gasteiger partial charge in [0.1, 0.15) is 5.60 Å². The fraction of sp³-hybridized carbons (Fsp3) is 0.722. The standard InChI is InChI=1S/C18H28BNO4/c1-16(2,3)22-15-13(10-20-11-14(15)21-12-8-9-12)19-23-17(4,5)18(6,7)24-19/h10-12H,8-9H2,1-7H3. The van der Waals surface area contributed by atoms with Gasteiger partial charge in [0.25, 0.3) is 0 Å². The summed E-state index contributed by atoms with van der Waals surface area (Å²) in [7, 11) is -0.525. The average molecular weight is 333 g/mol. The molecule has 5 nitrogen and oxygen atoms in total. The van der Waals surface area contributed by atoms with Crippen LogP contribution in [0.1, 0.15) is 61.3 Å². The van der Waals surface area contributed by atoms with Crippen LogP contribution in [0.25, 0.3) is 0 Å². The summed E-state index contributed by atoms with van der Waals surface area (Å²) in [6.07, 6.45) is 5.89. The monoisotopic (exact) mass is 333 g/mol. The predicted molar refractivity (Wildman–Crippen MR) is 94.0 cm³/mol. The van der Waals surface area contributed by atoms with Crippen molar-refractivity contribution in [2.75, 3.05) is 0 Å². The molecule has 1 saturated heterocycles. The fourth-order valence-electron chi connectivity index (χ4n) is 2.45. The predicted octanol–water partition coefficient (Wildman–Crippen LogP) is 3.10. The van der Waals surface area contributed by atoms with Crippen LogP contribution < -0.4 is 14.9 Å². The first-order chi connectivity index (χ1) is 11.0. The second-order valence-corrected chi connectivity index (χ2v) is 8.68. The molecule has 0 spiro atoms. The quantitative estimate of drug-likeness (QED) is 0.793. The van der Waals surface area contributed by atoms with Gasteiger partial charge in [0, 0.05) is 11.7 Å². The van der Waals surface area contributed by atoms with E-state index in [9.17, 15) is 0 Å². The van der Waals surface area contributed by atoms with E-state index in [0.29, 0.717) is 11.5 Å². The van der Waals surface area contributed by atoms with Gasteiger partial charge in [-0.15, -0.1) is 0 Å². The summed E-state index contributed by atoms with van der Waals surface area (Å²) in [5.74, 6) is 1.34. The van der Waals surface area contributed by atoms with Gasteiger partial charge in [-0.25, -0.2) is 0 Å². The van der Waals surface area contributed by atoms with E-state index >= 15 is 0 Å². The van der Waals surface area contributed by atoms with Crippen LogP contribution in [0.4, 0.5) is 0 Å². The molecular formula is C18H28BNO4. The molecule has 0 aromatic carbocycles. The third kappa shape index (κ3) is 3.54. The molecule has 1 saturated carbocycles. The van der Waals surface area contributed by atoms with E-state index in [-0.39, 0.29) is 11.7 Å². The van der Waals surface area contributed by atoms with E-state index in [0.717, 1.165) is 18.3 Å². The van der Waals surface area contributed by atoms with Crippen LogP contribution >= 0.6 is 0 Å². The molecule has 1 aliphatic carbocycles. The number of aromatic nitrogens is 1. The molecule has 1 aromatic heterocycles. The molecular weight excluding hydrogens is 305 g/mol. The number of nitrogens with zero attached hydrogens (tertiary/aromatic N) is 1. The van der Waals surface area contributed by atoms with Crippen LogP contribution in [0.3, 0.4) is 0 Å². The molecule has 132 valence electrons. The maximum atomic E-state index is 6.22. The fourth-order valence-corrected chi connectivity index (χ4v) is 2.45. The Morgan fingerprint density at radius 1 is 1.08 bits per heavy atom. The van der Waals surface area contributed by atoms with E-state index in [1.165, 1.54) is 0 Å². The SMILES string of the molecule is CC(C)(C)Oc1c(OC2CC2)cncc1B1OC(C)(C)C(C)(C)O1. The molecule has 2 fully saturated rings. The number of rotatable bonds is 4. The van der Waals surface area contributed by atoms with Crippen LogP contribution in [0.2, 0.25) is 0 Å². The van der Waals surface area contributed by atoms with Crippen molar-refractivity contribution in [3.05, 3.63) is 12.4 Å². The highest BCUT2D eigenvalue weighted by atomic mass is 16.7. The van der Waals surface area contributed by atoms with Crippen LogP contribution in [-0.2, 0) is 9.31 Å². The third-order valence-corrected chi connectivity index (χ3v) is 4.62. The summed E-state index contributed by atoms with van der Waals surface area (Å²) >= 11 is 0. The molecule has 2 heterocycles. The number of hydrogen-bond acceptors (Lipinski definition) is 5. The van der Waals surface area contributed by atoms with E-state index in [1.807, 2.05) is 48.5 Å². The second kappa shape index (κ2) is 5.63. The average Bonchev–Trinajstić information content (AvgIpc) is 3.17. The molecule has 3 rings (SSSR count). The van der Waals surface area contributed by atoms with Gasteiger partial charge in [-0.2, -0.15) is 0 Å². The summed E-state index contributed by atoms with van der Waals surface area (Å²) in [4.78, 5) is 4.33. The highest BCUT2D eigenvalue weighted by Crippen LogP contribution is 2.39. The Morgan fingerprint density at radius 2 is 1.67 bits per heavy atom. The van der Waals surface area contributed by atoms with Crippen LogP contribution in [0.15, 0.2) is 12.4 Å². The summed E-state index contributed by atoms with van der Waals surface area (Å²) in [5, 5.41) is 0. The Labute approximate surface area is 145 Å². The summed E-state index contributed by atoms with van der Waals surface area (Å²) in [6, 6.07) is 0. The molecule has 24 heavy (non-hydrogen) atoms. The van der Waals surface area contributed by atoms with E-state index in [1.54, 1.807) is 12.4 Å². The van der Waals surface area contributed by atoms with Gasteiger partial charge in [-0.05, 0) is 61.3 Å². The zero-order chi connectivity index (χ0) is 17.8. The minimum Gasteiger partial charge on any atom is -0.485 e. The Balaban J connectivity index is 1.97. The normalized spacial score (nSPS) is 22.5. The van der Waals surface area contributed by atoms with Crippen molar-refractivity contribution >= 4 is 12.6 Å². The maximum Gasteiger partial charge on any atom is 0.500 e. The lowest BCUT2D eigenvalue weighted by Gasteiger charge is -2.32. The molecule has 0 unspecified atom stereocenters. The minimum atomic E-state index is -0.525. The van der Waals surface area contributed by atoms with E-state index in [2.05, 4.69) is 4.98 Å². The summed E-state index contributed by atoms with van der Waals surface area (Å²) in [6.45, 7) is 14.2. The summed E-state index contributed by atoms with van der Waals surface area (Å²) < 4.78 is 24.6. The zero-order valence-electron chi connectivity index (χ0n) is 15.8. The van der Waals surface area contributed by atoms with Crippen molar-refractivity contribution in [3.63, 3.8) is 0 Å². The lowest BCUT2D eigenvalue weighted by Crippen LogP contribution is -2.41. The number of pyridine rings is 1. The van der Waals surface area contributed by atoms with Crippen molar-refractivity contribution in [1.29, 1.82) is 0 Å². The number of hydrogen-bond donors (Lipinski definition) is 0. The molecule has 1 aliphatic heterocycles. The van der Waals surface area contributed by atoms with Crippen molar-refractivity contribution in [1.82, 2.24) is 4.98 Å². The van der Waals surface area contributed by atoms with Crippen molar-refractivity contribution in [2.24, 2.45) is 0 Å². The van der Waals surface area contributed by atoms with Crippen molar-refractivity contribution in [2.45, 2.75) is 84.2 Å². The van der Waals surface area contributed by atoms with Crippen LogP contribution in [0, 0.1) is 0 Å². The number of ether oxygens (including phenoxy) is 2. The Bertz CT molecular complexity index is 604. The highest BCUT2D eigenvalue weighted by Gasteiger charge is 2.53. The van der Waals surface area contributed by atoms with Crippen LogP contribution in [-0.4, -0.2) is 35.0 Å². The van der Waals surface area contributed by atoms with Gasteiger partial charge < -0.3 is 18.8 Å². The molecule has 0 radical (unpaired) electrons. The maximum absolute atomic E-state index is 6.22. The smallest absolute Gasteiger partial charge is 0.485 e. The van der Waals surface area contributed by atoms with Crippen molar-refractivity contribution in [3.8, 4) is 11.5 Å². The Morgan fingerprint density at radius 3 is 2.17 bits per heavy atom. The van der Waals surface area contributed by atoms with Crippen molar-refractivity contribution < 1.29 is 18.8 Å². The Kier molecular flexibility index (Phi) is 4.12. The molecule has 6 heteroatoms. The molecule has 0 amide bonds. The van der Waals surface area contributed by atoms with E-state index < -0.39 is 18.3 Å². The van der Waals surface area contributed by atoms with Gasteiger partial charge in [-0.3, -0.25) is 4.98 Å². The Hall–Kier alpha value is -1.27. The largest absolute Gasteiger partial charge is 0.500 e. The first-order valence-electron chi connectivity index (χ1n) is 8.68. The van der Waals surface area contributed by atoms with Crippen LogP contribution in [0.5, 0.6) is 11.5 Å². The summed E-state index contributed by atoms with van der Waals surface area (Å²) in [5.41, 5.74) is -0.406. The van der Waals surface area contributed by atoms with Gasteiger partial charge in [-0.1, -0.05) is 0 Å². The highest BCUT2D eigenvalue weighted by molar-refractivity contribution is 6.63. The minimum absolute atomic E-state index is 0.266. The molecule has 0 N–H and O–H groups in total. The lowest BCUT2D eigenvalue weighted by atomic mass is 9.79. The molecule has 1 aromatic rings. The molecule has 0 bridgehead atoms. The second-order valence-electron chi connectivity index (χ2n) is 8.68. The van der Waals surface area contributed by atoms with E-state index in [4.69, 9.17) is 18.8 Å². The van der Waals surface area contributed by atoms with Gasteiger partial charge in [0.15, 0.2) is 11.5 Å². The van der Waals surface area contributed by atoms with Gasteiger partial charge >= 0.3 is 7.12 Å². The molecule has 0 atom stereocenters. The first-order valence-corrected chi connectivity index (χ1v) is 8.68. The first kappa shape index (κ1) is 17.6. The molecule has 2 aliphatic rings. The van der Waals surface area contributed by atoms with Gasteiger partial charge in [0.2, 0.25) is 0 Å². The lowest BCUT2D eigenvalue weighted by molar-refractivity contribution is 0.00578.